The van der Waals surface area contributed by atoms with Crippen molar-refractivity contribution in [1.29, 1.82) is 0 Å². The van der Waals surface area contributed by atoms with E-state index in [-0.39, 0.29) is 17.0 Å². The summed E-state index contributed by atoms with van der Waals surface area (Å²) in [6.07, 6.45) is 1.59. The number of carboxylic acids is 1. The van der Waals surface area contributed by atoms with E-state index < -0.39 is 18.9 Å². The van der Waals surface area contributed by atoms with Crippen LogP contribution in [0.3, 0.4) is 0 Å². The van der Waals surface area contributed by atoms with Gasteiger partial charge in [-0.2, -0.15) is 0 Å². The number of halogens is 1. The van der Waals surface area contributed by atoms with Gasteiger partial charge < -0.3 is 22.1 Å². The molecule has 132 valence electrons. The average molecular weight is 427 g/mol. The average Bonchev–Trinajstić information content (AvgIpc) is 2.68. The molecule has 0 bridgehead atoms. The predicted molar refractivity (Wildman–Crippen MR) is 107 cm³/mol. The normalized spacial score (nSPS) is 11.8. The smallest absolute Gasteiger partial charge is 0.349 e. The Labute approximate surface area is 165 Å². The molecular weight excluding hydrogens is 407 g/mol. The van der Waals surface area contributed by atoms with Crippen LogP contribution < -0.4 is 32.9 Å². The van der Waals surface area contributed by atoms with Crippen molar-refractivity contribution in [2.24, 2.45) is 0 Å². The molecule has 1 N–H and O–H groups in total. The van der Waals surface area contributed by atoms with Gasteiger partial charge in [0.25, 0.3) is 0 Å². The van der Waals surface area contributed by atoms with E-state index >= 15 is 0 Å². The Morgan fingerprint density at radius 1 is 0.769 bits per heavy atom. The number of benzene rings is 3. The number of hydrogen-bond acceptors (Lipinski definition) is 1. The minimum Gasteiger partial charge on any atom is -1.00 e. The molecule has 3 aromatic rings. The van der Waals surface area contributed by atoms with Crippen LogP contribution in [0.1, 0.15) is 0 Å². The zero-order valence-electron chi connectivity index (χ0n) is 14.2. The molecule has 0 aromatic heterocycles. The number of carbonyl (C=O) groups is 1. The van der Waals surface area contributed by atoms with Gasteiger partial charge >= 0.3 is 5.97 Å². The third-order valence-corrected chi connectivity index (χ3v) is 8.99. The van der Waals surface area contributed by atoms with Crippen LogP contribution >= 0.6 is 7.26 Å². The summed E-state index contributed by atoms with van der Waals surface area (Å²) in [6.45, 7) is 3.87. The fourth-order valence-electron chi connectivity index (χ4n) is 3.34. The molecule has 1 atom stereocenters. The summed E-state index contributed by atoms with van der Waals surface area (Å²) in [5.74, 6) is -0.847. The Morgan fingerprint density at radius 3 is 1.31 bits per heavy atom. The maximum atomic E-state index is 12.3. The molecular formula is C22H20BrO2P. The maximum Gasteiger partial charge on any atom is 0.349 e. The van der Waals surface area contributed by atoms with Crippen molar-refractivity contribution < 1.29 is 26.9 Å². The molecule has 1 unspecified atom stereocenters. The molecule has 0 aliphatic carbocycles. The molecule has 0 aliphatic rings. The van der Waals surface area contributed by atoms with Crippen LogP contribution in [0.2, 0.25) is 0 Å². The lowest BCUT2D eigenvalue weighted by molar-refractivity contribution is -0.135. The van der Waals surface area contributed by atoms with E-state index in [1.165, 1.54) is 0 Å². The molecule has 0 radical (unpaired) electrons. The number of aliphatic carboxylic acids is 1. The van der Waals surface area contributed by atoms with Crippen molar-refractivity contribution >= 4 is 29.1 Å². The standard InChI is InChI=1S/C22H19O2P.BrH/c1-2-21(22(23)24)25(18-12-6-3-7-13-18,19-14-8-4-9-15-19)20-16-10-5-11-17-20;/h2-17,21H,1H2;1H. The second kappa shape index (κ2) is 8.93. The van der Waals surface area contributed by atoms with E-state index in [4.69, 9.17) is 0 Å². The highest BCUT2D eigenvalue weighted by Crippen LogP contribution is 2.60. The van der Waals surface area contributed by atoms with Crippen LogP contribution in [-0.4, -0.2) is 16.7 Å². The number of carboxylic acid groups (broad SMARTS) is 1. The third kappa shape index (κ3) is 3.51. The molecule has 0 amide bonds. The van der Waals surface area contributed by atoms with Crippen LogP contribution in [0, 0.1) is 0 Å². The van der Waals surface area contributed by atoms with Crippen molar-refractivity contribution in [2.45, 2.75) is 5.66 Å². The largest absolute Gasteiger partial charge is 1.00 e. The summed E-state index contributed by atoms with van der Waals surface area (Å²) in [4.78, 5) is 12.3. The van der Waals surface area contributed by atoms with Gasteiger partial charge in [-0.1, -0.05) is 61.2 Å². The predicted octanol–water partition coefficient (Wildman–Crippen LogP) is 0.624. The van der Waals surface area contributed by atoms with Crippen molar-refractivity contribution in [3.63, 3.8) is 0 Å². The first kappa shape index (κ1) is 20.1. The molecule has 3 rings (SSSR count). The summed E-state index contributed by atoms with van der Waals surface area (Å²) in [7, 11) is -2.44. The molecule has 4 heteroatoms. The van der Waals surface area contributed by atoms with Gasteiger partial charge in [0.2, 0.25) is 0 Å². The van der Waals surface area contributed by atoms with E-state index in [0.717, 1.165) is 15.9 Å². The van der Waals surface area contributed by atoms with E-state index in [2.05, 4.69) is 6.58 Å². The van der Waals surface area contributed by atoms with Gasteiger partial charge in [0.15, 0.2) is 5.66 Å². The summed E-state index contributed by atoms with van der Waals surface area (Å²) in [6, 6.07) is 29.9. The Kier molecular flexibility index (Phi) is 6.90. The van der Waals surface area contributed by atoms with Gasteiger partial charge in [0.1, 0.15) is 23.2 Å². The minimum absolute atomic E-state index is 0. The fourth-order valence-corrected chi connectivity index (χ4v) is 7.78. The number of rotatable bonds is 6. The maximum absolute atomic E-state index is 12.3. The fraction of sp³-hybridized carbons (Fsp3) is 0.0455. The van der Waals surface area contributed by atoms with Crippen LogP contribution in [0.25, 0.3) is 0 Å². The van der Waals surface area contributed by atoms with E-state index in [0.29, 0.717) is 0 Å². The molecule has 3 aromatic carbocycles. The van der Waals surface area contributed by atoms with Gasteiger partial charge in [0.05, 0.1) is 0 Å². The van der Waals surface area contributed by atoms with Gasteiger partial charge in [-0.15, -0.1) is 0 Å². The quantitative estimate of drug-likeness (QED) is 0.463. The van der Waals surface area contributed by atoms with Crippen molar-refractivity contribution in [3.8, 4) is 0 Å². The summed E-state index contributed by atoms with van der Waals surface area (Å²) < 4.78 is 0. The van der Waals surface area contributed by atoms with Crippen LogP contribution in [0.5, 0.6) is 0 Å². The van der Waals surface area contributed by atoms with E-state index in [1.807, 2.05) is 91.0 Å². The summed E-state index contributed by atoms with van der Waals surface area (Å²) in [5.41, 5.74) is -0.695. The zero-order valence-corrected chi connectivity index (χ0v) is 16.7. The molecule has 0 aliphatic heterocycles. The van der Waals surface area contributed by atoms with Gasteiger partial charge in [-0.3, -0.25) is 0 Å². The van der Waals surface area contributed by atoms with Crippen LogP contribution in [0.15, 0.2) is 104 Å². The monoisotopic (exact) mass is 426 g/mol. The second-order valence-corrected chi connectivity index (χ2v) is 9.30. The Hall–Kier alpha value is -2.22. The number of hydrogen-bond donors (Lipinski definition) is 1. The topological polar surface area (TPSA) is 37.3 Å². The first-order chi connectivity index (χ1) is 12.2. The highest BCUT2D eigenvalue weighted by Gasteiger charge is 2.54. The Balaban J connectivity index is 0.00000243. The molecule has 2 nitrogen and oxygen atoms in total. The van der Waals surface area contributed by atoms with Crippen molar-refractivity contribution in [1.82, 2.24) is 0 Å². The van der Waals surface area contributed by atoms with E-state index in [9.17, 15) is 9.90 Å². The zero-order chi connectivity index (χ0) is 17.7. The lowest BCUT2D eigenvalue weighted by atomic mass is 10.3. The van der Waals surface area contributed by atoms with Gasteiger partial charge in [-0.25, -0.2) is 4.79 Å². The Morgan fingerprint density at radius 2 is 1.08 bits per heavy atom. The lowest BCUT2D eigenvalue weighted by Gasteiger charge is -2.30. The van der Waals surface area contributed by atoms with Crippen molar-refractivity contribution in [2.75, 3.05) is 0 Å². The first-order valence-corrected chi connectivity index (χ1v) is 9.98. The molecule has 0 spiro atoms. The molecule has 0 saturated heterocycles. The molecule has 26 heavy (non-hydrogen) atoms. The second-order valence-electron chi connectivity index (χ2n) is 5.75. The summed E-state index contributed by atoms with van der Waals surface area (Å²) in [5, 5.41) is 13.2. The SMILES string of the molecule is C=CC(C(=O)O)[P+](c1ccccc1)(c1ccccc1)c1ccccc1.[Br-]. The lowest BCUT2D eigenvalue weighted by Crippen LogP contribution is -3.00. The van der Waals surface area contributed by atoms with E-state index in [1.54, 1.807) is 6.08 Å². The molecule has 0 heterocycles. The highest BCUT2D eigenvalue weighted by molar-refractivity contribution is 7.97. The highest BCUT2D eigenvalue weighted by atomic mass is 79.9. The molecule has 0 fully saturated rings. The minimum atomic E-state index is -2.44. The Bertz CT molecular complexity index is 754. The van der Waals surface area contributed by atoms with Gasteiger partial charge in [0, 0.05) is 0 Å². The first-order valence-electron chi connectivity index (χ1n) is 8.12. The van der Waals surface area contributed by atoms with Crippen LogP contribution in [-0.2, 0) is 4.79 Å². The molecule has 0 saturated carbocycles. The third-order valence-electron chi connectivity index (χ3n) is 4.38. The van der Waals surface area contributed by atoms with Crippen LogP contribution in [0.4, 0.5) is 0 Å². The van der Waals surface area contributed by atoms with Crippen molar-refractivity contribution in [3.05, 3.63) is 104 Å². The summed E-state index contributed by atoms with van der Waals surface area (Å²) >= 11 is 0. The van der Waals surface area contributed by atoms with Gasteiger partial charge in [-0.05, 0) is 42.5 Å².